The number of carbonyl (C=O) groups is 1. The van der Waals surface area contributed by atoms with Crippen molar-refractivity contribution in [3.63, 3.8) is 0 Å². The molecule has 0 saturated heterocycles. The molecule has 1 aromatic carbocycles. The summed E-state index contributed by atoms with van der Waals surface area (Å²) in [6.07, 6.45) is 1.38. The Labute approximate surface area is 150 Å². The third kappa shape index (κ3) is 3.34. The van der Waals surface area contributed by atoms with Crippen molar-refractivity contribution >= 4 is 11.7 Å². The van der Waals surface area contributed by atoms with Crippen molar-refractivity contribution in [3.8, 4) is 17.3 Å². The standard InChI is InChI=1S/C18H19N5O3/c1-11-8-12(2)23(22-11)16-9-15(19-10-20-16)21-18(24)17-13(25-3)6-5-7-14(17)26-4/h5-10H,1-4H3,(H,19,20,21,24). The minimum absolute atomic E-state index is 0.295. The molecule has 2 heterocycles. The highest BCUT2D eigenvalue weighted by molar-refractivity contribution is 6.07. The number of anilines is 1. The summed E-state index contributed by atoms with van der Waals surface area (Å²) in [6, 6.07) is 8.73. The molecule has 8 heteroatoms. The van der Waals surface area contributed by atoms with E-state index < -0.39 is 5.91 Å². The highest BCUT2D eigenvalue weighted by Gasteiger charge is 2.19. The van der Waals surface area contributed by atoms with Crippen LogP contribution in [0.4, 0.5) is 5.82 Å². The molecule has 0 atom stereocenters. The highest BCUT2D eigenvalue weighted by atomic mass is 16.5. The van der Waals surface area contributed by atoms with Crippen LogP contribution in [0.5, 0.6) is 11.5 Å². The second-order valence-corrected chi connectivity index (χ2v) is 5.59. The zero-order valence-electron chi connectivity index (χ0n) is 15.0. The first-order chi connectivity index (χ1) is 12.5. The van der Waals surface area contributed by atoms with Crippen molar-refractivity contribution in [2.75, 3.05) is 19.5 Å². The monoisotopic (exact) mass is 353 g/mol. The predicted molar refractivity (Wildman–Crippen MR) is 96.1 cm³/mol. The summed E-state index contributed by atoms with van der Waals surface area (Å²) in [4.78, 5) is 21.1. The minimum Gasteiger partial charge on any atom is -0.496 e. The number of methoxy groups -OCH3 is 2. The third-order valence-electron chi connectivity index (χ3n) is 3.78. The van der Waals surface area contributed by atoms with E-state index in [4.69, 9.17) is 9.47 Å². The van der Waals surface area contributed by atoms with Gasteiger partial charge in [0.05, 0.1) is 19.9 Å². The summed E-state index contributed by atoms with van der Waals surface area (Å²) < 4.78 is 12.2. The Hall–Kier alpha value is -3.42. The van der Waals surface area contributed by atoms with Crippen LogP contribution in [0, 0.1) is 13.8 Å². The summed E-state index contributed by atoms with van der Waals surface area (Å²) in [6.45, 7) is 3.83. The number of hydrogen-bond acceptors (Lipinski definition) is 6. The van der Waals surface area contributed by atoms with Crippen LogP contribution in [0.1, 0.15) is 21.7 Å². The molecule has 1 amide bonds. The van der Waals surface area contributed by atoms with Crippen molar-refractivity contribution in [1.82, 2.24) is 19.7 Å². The molecule has 0 spiro atoms. The highest BCUT2D eigenvalue weighted by Crippen LogP contribution is 2.29. The summed E-state index contributed by atoms with van der Waals surface area (Å²) in [5, 5.41) is 7.14. The van der Waals surface area contributed by atoms with Gasteiger partial charge in [0.1, 0.15) is 29.2 Å². The van der Waals surface area contributed by atoms with Gasteiger partial charge in [-0.05, 0) is 32.0 Å². The first kappa shape index (κ1) is 17.4. The number of hydrogen-bond donors (Lipinski definition) is 1. The van der Waals surface area contributed by atoms with E-state index in [2.05, 4.69) is 20.4 Å². The van der Waals surface area contributed by atoms with Gasteiger partial charge in [-0.1, -0.05) is 6.07 Å². The van der Waals surface area contributed by atoms with Gasteiger partial charge >= 0.3 is 0 Å². The van der Waals surface area contributed by atoms with Gasteiger partial charge in [0.15, 0.2) is 5.82 Å². The molecule has 0 aliphatic rings. The average Bonchev–Trinajstić information content (AvgIpc) is 2.99. The number of benzene rings is 1. The smallest absolute Gasteiger partial charge is 0.264 e. The predicted octanol–water partition coefficient (Wildman–Crippen LogP) is 2.55. The number of aromatic nitrogens is 4. The zero-order valence-corrected chi connectivity index (χ0v) is 15.0. The van der Waals surface area contributed by atoms with Gasteiger partial charge in [0, 0.05) is 11.8 Å². The van der Waals surface area contributed by atoms with Crippen LogP contribution in [0.15, 0.2) is 36.7 Å². The van der Waals surface area contributed by atoms with E-state index in [1.165, 1.54) is 20.5 Å². The SMILES string of the molecule is COc1cccc(OC)c1C(=O)Nc1cc(-n2nc(C)cc2C)ncn1. The Morgan fingerprint density at radius 1 is 1.08 bits per heavy atom. The van der Waals surface area contributed by atoms with Crippen LogP contribution in [0.2, 0.25) is 0 Å². The van der Waals surface area contributed by atoms with Crippen LogP contribution in [0.25, 0.3) is 5.82 Å². The van der Waals surface area contributed by atoms with Crippen molar-refractivity contribution < 1.29 is 14.3 Å². The lowest BCUT2D eigenvalue weighted by Crippen LogP contribution is -2.16. The van der Waals surface area contributed by atoms with Gasteiger partial charge in [-0.15, -0.1) is 0 Å². The molecule has 0 saturated carbocycles. The van der Waals surface area contributed by atoms with Crippen molar-refractivity contribution in [2.45, 2.75) is 13.8 Å². The molecule has 2 aromatic heterocycles. The molecule has 0 fully saturated rings. The summed E-state index contributed by atoms with van der Waals surface area (Å²) in [5.41, 5.74) is 2.11. The van der Waals surface area contributed by atoms with E-state index in [0.29, 0.717) is 28.7 Å². The Morgan fingerprint density at radius 2 is 1.77 bits per heavy atom. The fraction of sp³-hybridized carbons (Fsp3) is 0.222. The van der Waals surface area contributed by atoms with Crippen LogP contribution in [0.3, 0.4) is 0 Å². The number of nitrogens with zero attached hydrogens (tertiary/aromatic N) is 4. The molecule has 8 nitrogen and oxygen atoms in total. The van der Waals surface area contributed by atoms with Gasteiger partial charge in [-0.25, -0.2) is 14.6 Å². The number of rotatable bonds is 5. The lowest BCUT2D eigenvalue weighted by atomic mass is 10.1. The number of ether oxygens (including phenoxy) is 2. The summed E-state index contributed by atoms with van der Waals surface area (Å²) in [5.74, 6) is 1.34. The van der Waals surface area contributed by atoms with Crippen molar-refractivity contribution in [2.24, 2.45) is 0 Å². The van der Waals surface area contributed by atoms with E-state index in [9.17, 15) is 4.79 Å². The van der Waals surface area contributed by atoms with E-state index in [1.807, 2.05) is 19.9 Å². The number of aryl methyl sites for hydroxylation is 2. The Bertz CT molecular complexity index is 929. The second-order valence-electron chi connectivity index (χ2n) is 5.59. The molecule has 26 heavy (non-hydrogen) atoms. The third-order valence-corrected chi connectivity index (χ3v) is 3.78. The maximum Gasteiger partial charge on any atom is 0.264 e. The van der Waals surface area contributed by atoms with Crippen LogP contribution < -0.4 is 14.8 Å². The zero-order chi connectivity index (χ0) is 18.7. The minimum atomic E-state index is -0.391. The molecule has 0 radical (unpaired) electrons. The van der Waals surface area contributed by atoms with Gasteiger partial charge in [0.25, 0.3) is 5.91 Å². The van der Waals surface area contributed by atoms with Gasteiger partial charge in [-0.3, -0.25) is 4.79 Å². The average molecular weight is 353 g/mol. The Kier molecular flexibility index (Phi) is 4.83. The summed E-state index contributed by atoms with van der Waals surface area (Å²) >= 11 is 0. The lowest BCUT2D eigenvalue weighted by molar-refractivity contribution is 0.102. The number of carbonyl (C=O) groups excluding carboxylic acids is 1. The second kappa shape index (κ2) is 7.22. The molecule has 134 valence electrons. The topological polar surface area (TPSA) is 91.2 Å². The lowest BCUT2D eigenvalue weighted by Gasteiger charge is -2.13. The molecule has 0 bridgehead atoms. The fourth-order valence-corrected chi connectivity index (χ4v) is 2.65. The summed E-state index contributed by atoms with van der Waals surface area (Å²) in [7, 11) is 2.99. The molecular weight excluding hydrogens is 334 g/mol. The van der Waals surface area contributed by atoms with E-state index >= 15 is 0 Å². The van der Waals surface area contributed by atoms with Crippen LogP contribution in [-0.4, -0.2) is 39.9 Å². The normalized spacial score (nSPS) is 10.5. The largest absolute Gasteiger partial charge is 0.496 e. The Balaban J connectivity index is 1.92. The maximum atomic E-state index is 12.7. The maximum absolute atomic E-state index is 12.7. The molecular formula is C18H19N5O3. The van der Waals surface area contributed by atoms with Gasteiger partial charge in [0.2, 0.25) is 0 Å². The fourth-order valence-electron chi connectivity index (χ4n) is 2.65. The molecule has 3 aromatic rings. The van der Waals surface area contributed by atoms with E-state index in [0.717, 1.165) is 11.4 Å². The number of nitrogens with one attached hydrogen (secondary N) is 1. The molecule has 1 N–H and O–H groups in total. The van der Waals surface area contributed by atoms with Gasteiger partial charge in [-0.2, -0.15) is 5.10 Å². The van der Waals surface area contributed by atoms with E-state index in [1.54, 1.807) is 28.9 Å². The van der Waals surface area contributed by atoms with Crippen molar-refractivity contribution in [1.29, 1.82) is 0 Å². The number of amides is 1. The molecule has 0 aliphatic carbocycles. The first-order valence-corrected chi connectivity index (χ1v) is 7.91. The first-order valence-electron chi connectivity index (χ1n) is 7.91. The Morgan fingerprint density at radius 3 is 2.35 bits per heavy atom. The molecule has 0 unspecified atom stereocenters. The molecule has 3 rings (SSSR count). The van der Waals surface area contributed by atoms with Crippen molar-refractivity contribution in [3.05, 3.63) is 53.6 Å². The quantitative estimate of drug-likeness (QED) is 0.758. The molecule has 0 aliphatic heterocycles. The van der Waals surface area contributed by atoms with Crippen LogP contribution in [-0.2, 0) is 0 Å². The van der Waals surface area contributed by atoms with Gasteiger partial charge < -0.3 is 14.8 Å². The van der Waals surface area contributed by atoms with E-state index in [-0.39, 0.29) is 0 Å². The van der Waals surface area contributed by atoms with Crippen LogP contribution >= 0.6 is 0 Å².